The van der Waals surface area contributed by atoms with E-state index in [2.05, 4.69) is 0 Å². The van der Waals surface area contributed by atoms with E-state index in [9.17, 15) is 10.2 Å². The maximum atomic E-state index is 9.75. The highest BCUT2D eigenvalue weighted by molar-refractivity contribution is 4.89. The molecular formula is C9H18O6. The third-order valence-electron chi connectivity index (χ3n) is 2.48. The van der Waals surface area contributed by atoms with Crippen LogP contribution in [-0.4, -0.2) is 68.9 Å². The van der Waals surface area contributed by atoms with Crippen molar-refractivity contribution in [3.8, 4) is 0 Å². The first kappa shape index (κ1) is 12.8. The van der Waals surface area contributed by atoms with Gasteiger partial charge in [0.15, 0.2) is 6.29 Å². The van der Waals surface area contributed by atoms with Gasteiger partial charge in [-0.3, -0.25) is 0 Å². The van der Waals surface area contributed by atoms with Crippen LogP contribution in [-0.2, 0) is 18.9 Å². The van der Waals surface area contributed by atoms with Crippen molar-refractivity contribution in [2.75, 3.05) is 27.9 Å². The lowest BCUT2D eigenvalue weighted by Gasteiger charge is -2.41. The number of hydrogen-bond acceptors (Lipinski definition) is 6. The van der Waals surface area contributed by atoms with E-state index in [-0.39, 0.29) is 6.61 Å². The molecule has 5 atom stereocenters. The summed E-state index contributed by atoms with van der Waals surface area (Å²) < 4.78 is 20.3. The van der Waals surface area contributed by atoms with Gasteiger partial charge in [-0.2, -0.15) is 0 Å². The summed E-state index contributed by atoms with van der Waals surface area (Å²) >= 11 is 0. The number of aliphatic hydroxyl groups is 2. The lowest BCUT2D eigenvalue weighted by molar-refractivity contribution is -0.299. The van der Waals surface area contributed by atoms with Gasteiger partial charge in [0.05, 0.1) is 6.61 Å². The van der Waals surface area contributed by atoms with Crippen LogP contribution in [0.25, 0.3) is 0 Å². The number of rotatable bonds is 4. The minimum Gasteiger partial charge on any atom is -0.387 e. The molecule has 15 heavy (non-hydrogen) atoms. The average molecular weight is 222 g/mol. The Kier molecular flexibility index (Phi) is 4.91. The highest BCUT2D eigenvalue weighted by atomic mass is 16.7. The van der Waals surface area contributed by atoms with Gasteiger partial charge in [0, 0.05) is 21.3 Å². The molecule has 0 radical (unpaired) electrons. The summed E-state index contributed by atoms with van der Waals surface area (Å²) in [7, 11) is 4.37. The quantitative estimate of drug-likeness (QED) is 0.618. The van der Waals surface area contributed by atoms with Crippen molar-refractivity contribution in [1.29, 1.82) is 0 Å². The summed E-state index contributed by atoms with van der Waals surface area (Å²) in [5.74, 6) is 0. The fourth-order valence-electron chi connectivity index (χ4n) is 1.69. The van der Waals surface area contributed by atoms with Crippen molar-refractivity contribution in [2.24, 2.45) is 0 Å². The predicted molar refractivity (Wildman–Crippen MR) is 50.4 cm³/mol. The fraction of sp³-hybridized carbons (Fsp3) is 1.00. The Balaban J connectivity index is 2.70. The predicted octanol–water partition coefficient (Wildman–Crippen LogP) is -1.26. The number of ether oxygens (including phenoxy) is 4. The minimum atomic E-state index is -1.12. The molecule has 1 rings (SSSR count). The number of aliphatic hydroxyl groups excluding tert-OH is 2. The van der Waals surface area contributed by atoms with Crippen LogP contribution in [0.1, 0.15) is 0 Å². The van der Waals surface area contributed by atoms with Crippen LogP contribution in [0, 0.1) is 0 Å². The molecule has 0 aromatic heterocycles. The van der Waals surface area contributed by atoms with Gasteiger partial charge in [0.25, 0.3) is 0 Å². The van der Waals surface area contributed by atoms with Gasteiger partial charge in [-0.25, -0.2) is 0 Å². The molecule has 1 fully saturated rings. The molecule has 0 aliphatic carbocycles. The maximum absolute atomic E-state index is 9.75. The summed E-state index contributed by atoms with van der Waals surface area (Å²) in [6, 6.07) is 0. The van der Waals surface area contributed by atoms with E-state index in [1.165, 1.54) is 21.3 Å². The molecule has 0 unspecified atom stereocenters. The first-order valence-corrected chi connectivity index (χ1v) is 4.71. The van der Waals surface area contributed by atoms with E-state index in [1.807, 2.05) is 0 Å². The molecule has 6 heteroatoms. The topological polar surface area (TPSA) is 77.4 Å². The smallest absolute Gasteiger partial charge is 0.186 e. The van der Waals surface area contributed by atoms with Crippen LogP contribution in [0.2, 0.25) is 0 Å². The Morgan fingerprint density at radius 1 is 1.07 bits per heavy atom. The molecule has 0 aromatic carbocycles. The summed E-state index contributed by atoms with van der Waals surface area (Å²) in [5.41, 5.74) is 0. The van der Waals surface area contributed by atoms with Crippen LogP contribution >= 0.6 is 0 Å². The largest absolute Gasteiger partial charge is 0.387 e. The Morgan fingerprint density at radius 3 is 2.20 bits per heavy atom. The molecule has 0 amide bonds. The zero-order chi connectivity index (χ0) is 11.4. The monoisotopic (exact) mass is 222 g/mol. The SMILES string of the molecule is COC[C@H]1O[C@@H](OC)[C@H](O)[C@@H](O)[C@@H]1OC. The lowest BCUT2D eigenvalue weighted by Crippen LogP contribution is -2.59. The molecule has 0 aromatic rings. The maximum Gasteiger partial charge on any atom is 0.186 e. The van der Waals surface area contributed by atoms with Crippen molar-refractivity contribution in [3.63, 3.8) is 0 Å². The van der Waals surface area contributed by atoms with Crippen molar-refractivity contribution in [2.45, 2.75) is 30.7 Å². The molecule has 1 aliphatic heterocycles. The van der Waals surface area contributed by atoms with Gasteiger partial charge in [-0.15, -0.1) is 0 Å². The minimum absolute atomic E-state index is 0.266. The molecule has 0 saturated carbocycles. The molecule has 1 heterocycles. The molecule has 2 N–H and O–H groups in total. The molecule has 6 nitrogen and oxygen atoms in total. The third kappa shape index (κ3) is 2.66. The Morgan fingerprint density at radius 2 is 1.73 bits per heavy atom. The average Bonchev–Trinajstić information content (AvgIpc) is 2.24. The van der Waals surface area contributed by atoms with E-state index in [4.69, 9.17) is 18.9 Å². The van der Waals surface area contributed by atoms with Crippen LogP contribution < -0.4 is 0 Å². The van der Waals surface area contributed by atoms with Gasteiger partial charge in [-0.05, 0) is 0 Å². The molecule has 90 valence electrons. The van der Waals surface area contributed by atoms with Crippen LogP contribution in [0.4, 0.5) is 0 Å². The van der Waals surface area contributed by atoms with Crippen molar-refractivity contribution in [3.05, 3.63) is 0 Å². The van der Waals surface area contributed by atoms with Crippen molar-refractivity contribution >= 4 is 0 Å². The molecule has 1 aliphatic rings. The number of methoxy groups -OCH3 is 3. The first-order chi connectivity index (χ1) is 7.15. The van der Waals surface area contributed by atoms with Crippen molar-refractivity contribution in [1.82, 2.24) is 0 Å². The first-order valence-electron chi connectivity index (χ1n) is 4.71. The van der Waals surface area contributed by atoms with Gasteiger partial charge in [-0.1, -0.05) is 0 Å². The molecular weight excluding hydrogens is 204 g/mol. The van der Waals surface area contributed by atoms with E-state index in [1.54, 1.807) is 0 Å². The summed E-state index contributed by atoms with van der Waals surface area (Å²) in [5, 5.41) is 19.3. The molecule has 0 spiro atoms. The van der Waals surface area contributed by atoms with E-state index < -0.39 is 30.7 Å². The van der Waals surface area contributed by atoms with E-state index in [0.717, 1.165) is 0 Å². The van der Waals surface area contributed by atoms with E-state index in [0.29, 0.717) is 0 Å². The standard InChI is InChI=1S/C9H18O6/c1-12-4-5-8(13-2)6(10)7(11)9(14-3)15-5/h5-11H,4H2,1-3H3/t5-,6-,7-,8-,9-/m1/s1. The molecule has 0 bridgehead atoms. The normalized spacial score (nSPS) is 41.8. The van der Waals surface area contributed by atoms with Crippen molar-refractivity contribution < 1.29 is 29.2 Å². The van der Waals surface area contributed by atoms with Crippen LogP contribution in [0.5, 0.6) is 0 Å². The van der Waals surface area contributed by atoms with E-state index >= 15 is 0 Å². The Bertz CT molecular complexity index is 187. The van der Waals surface area contributed by atoms with Gasteiger partial charge in [0.2, 0.25) is 0 Å². The second-order valence-corrected chi connectivity index (χ2v) is 3.42. The second-order valence-electron chi connectivity index (χ2n) is 3.42. The van der Waals surface area contributed by atoms with Gasteiger partial charge >= 0.3 is 0 Å². The van der Waals surface area contributed by atoms with Crippen LogP contribution in [0.3, 0.4) is 0 Å². The van der Waals surface area contributed by atoms with Crippen LogP contribution in [0.15, 0.2) is 0 Å². The summed E-state index contributed by atoms with van der Waals surface area (Å²) in [4.78, 5) is 0. The summed E-state index contributed by atoms with van der Waals surface area (Å²) in [6.07, 6.45) is -4.09. The zero-order valence-corrected chi connectivity index (χ0v) is 9.12. The lowest BCUT2D eigenvalue weighted by atomic mass is 9.99. The highest BCUT2D eigenvalue weighted by Crippen LogP contribution is 2.23. The zero-order valence-electron chi connectivity index (χ0n) is 9.12. The second kappa shape index (κ2) is 5.74. The van der Waals surface area contributed by atoms with Gasteiger partial charge in [0.1, 0.15) is 24.4 Å². The molecule has 1 saturated heterocycles. The van der Waals surface area contributed by atoms with Gasteiger partial charge < -0.3 is 29.2 Å². The Hall–Kier alpha value is -0.240. The third-order valence-corrected chi connectivity index (χ3v) is 2.48. The summed E-state index contributed by atoms with van der Waals surface area (Å²) in [6.45, 7) is 0.266. The highest BCUT2D eigenvalue weighted by Gasteiger charge is 2.44. The fourth-order valence-corrected chi connectivity index (χ4v) is 1.69. The number of hydrogen-bond donors (Lipinski definition) is 2. The Labute approximate surface area is 88.7 Å².